The molecular weight excluding hydrogens is 176 g/mol. The third kappa shape index (κ3) is 2.49. The van der Waals surface area contributed by atoms with Crippen molar-refractivity contribution >= 4 is 0 Å². The highest BCUT2D eigenvalue weighted by molar-refractivity contribution is 5.05. The maximum Gasteiger partial charge on any atom is 0.115 e. The molecule has 1 atom stereocenters. The molecule has 1 unspecified atom stereocenters. The van der Waals surface area contributed by atoms with Gasteiger partial charge in [-0.1, -0.05) is 0 Å². The van der Waals surface area contributed by atoms with Crippen molar-refractivity contribution in [3.05, 3.63) is 24.3 Å². The van der Waals surface area contributed by atoms with Gasteiger partial charge in [0.1, 0.15) is 6.33 Å². The summed E-state index contributed by atoms with van der Waals surface area (Å²) in [4.78, 5) is 8.08. The summed E-state index contributed by atoms with van der Waals surface area (Å²) in [6.07, 6.45) is 6.03. The predicted octanol–water partition coefficient (Wildman–Crippen LogP) is 0.476. The van der Waals surface area contributed by atoms with Crippen LogP contribution in [0.1, 0.15) is 24.6 Å². The Labute approximate surface area is 83.9 Å². The number of nitrogens with two attached hydrogens (primary N) is 1. The van der Waals surface area contributed by atoms with E-state index in [1.807, 2.05) is 6.07 Å². The fourth-order valence-electron chi connectivity index (χ4n) is 1.45. The highest BCUT2D eigenvalue weighted by Crippen LogP contribution is 2.28. The molecule has 1 aromatic rings. The molecule has 1 fully saturated rings. The van der Waals surface area contributed by atoms with E-state index < -0.39 is 0 Å². The van der Waals surface area contributed by atoms with Gasteiger partial charge in [0.25, 0.3) is 0 Å². The van der Waals surface area contributed by atoms with Crippen LogP contribution in [0.2, 0.25) is 0 Å². The zero-order valence-corrected chi connectivity index (χ0v) is 8.19. The Morgan fingerprint density at radius 2 is 2.43 bits per heavy atom. The zero-order valence-electron chi connectivity index (χ0n) is 8.19. The molecule has 0 spiro atoms. The summed E-state index contributed by atoms with van der Waals surface area (Å²) in [5.41, 5.74) is 6.68. The standard InChI is InChI=1S/C10H16N4/c11-5-10(13-6-8-1-2-8)9-3-4-12-7-14-9/h3-4,7-8,10,13H,1-2,5-6,11H2. The predicted molar refractivity (Wildman–Crippen MR) is 54.6 cm³/mol. The normalized spacial score (nSPS) is 18.1. The van der Waals surface area contributed by atoms with Crippen molar-refractivity contribution < 1.29 is 0 Å². The van der Waals surface area contributed by atoms with Crippen LogP contribution >= 0.6 is 0 Å². The van der Waals surface area contributed by atoms with Crippen molar-refractivity contribution in [2.75, 3.05) is 13.1 Å². The molecule has 14 heavy (non-hydrogen) atoms. The van der Waals surface area contributed by atoms with Gasteiger partial charge in [-0.2, -0.15) is 0 Å². The van der Waals surface area contributed by atoms with E-state index in [0.29, 0.717) is 6.54 Å². The number of nitrogens with one attached hydrogen (secondary N) is 1. The second-order valence-electron chi connectivity index (χ2n) is 3.77. The summed E-state index contributed by atoms with van der Waals surface area (Å²) in [6, 6.07) is 2.09. The van der Waals surface area contributed by atoms with Gasteiger partial charge in [-0.25, -0.2) is 9.97 Å². The molecule has 76 valence electrons. The molecule has 3 N–H and O–H groups in total. The molecule has 1 heterocycles. The zero-order chi connectivity index (χ0) is 9.80. The van der Waals surface area contributed by atoms with Gasteiger partial charge in [-0.15, -0.1) is 0 Å². The van der Waals surface area contributed by atoms with Crippen molar-refractivity contribution in [3.63, 3.8) is 0 Å². The van der Waals surface area contributed by atoms with E-state index in [2.05, 4.69) is 15.3 Å². The minimum Gasteiger partial charge on any atom is -0.329 e. The number of rotatable bonds is 5. The molecule has 0 amide bonds. The van der Waals surface area contributed by atoms with Gasteiger partial charge < -0.3 is 11.1 Å². The molecule has 1 aliphatic carbocycles. The summed E-state index contributed by atoms with van der Waals surface area (Å²) in [6.45, 7) is 1.65. The summed E-state index contributed by atoms with van der Waals surface area (Å²) in [7, 11) is 0. The lowest BCUT2D eigenvalue weighted by Gasteiger charge is -2.15. The molecule has 0 saturated heterocycles. The van der Waals surface area contributed by atoms with Crippen LogP contribution in [0.5, 0.6) is 0 Å². The van der Waals surface area contributed by atoms with Gasteiger partial charge in [-0.3, -0.25) is 0 Å². The number of nitrogens with zero attached hydrogens (tertiary/aromatic N) is 2. The highest BCUT2D eigenvalue weighted by Gasteiger charge is 2.22. The second kappa shape index (κ2) is 4.48. The van der Waals surface area contributed by atoms with Gasteiger partial charge in [0.15, 0.2) is 0 Å². The van der Waals surface area contributed by atoms with E-state index in [1.54, 1.807) is 12.5 Å². The molecular formula is C10H16N4. The van der Waals surface area contributed by atoms with Crippen LogP contribution in [-0.2, 0) is 0 Å². The Kier molecular flexibility index (Phi) is 3.06. The Bertz CT molecular complexity index is 271. The largest absolute Gasteiger partial charge is 0.329 e. The van der Waals surface area contributed by atoms with E-state index in [-0.39, 0.29) is 6.04 Å². The molecule has 1 aliphatic rings. The van der Waals surface area contributed by atoms with Gasteiger partial charge in [0.2, 0.25) is 0 Å². The van der Waals surface area contributed by atoms with E-state index in [1.165, 1.54) is 12.8 Å². The van der Waals surface area contributed by atoms with Crippen molar-refractivity contribution in [2.24, 2.45) is 11.7 Å². The maximum atomic E-state index is 5.69. The minimum absolute atomic E-state index is 0.179. The Balaban J connectivity index is 1.90. The highest BCUT2D eigenvalue weighted by atomic mass is 15.0. The van der Waals surface area contributed by atoms with Crippen molar-refractivity contribution in [2.45, 2.75) is 18.9 Å². The van der Waals surface area contributed by atoms with E-state index >= 15 is 0 Å². The van der Waals surface area contributed by atoms with Crippen molar-refractivity contribution in [1.82, 2.24) is 15.3 Å². The number of hydrogen-bond acceptors (Lipinski definition) is 4. The van der Waals surface area contributed by atoms with Crippen LogP contribution in [0.25, 0.3) is 0 Å². The van der Waals surface area contributed by atoms with Crippen LogP contribution in [-0.4, -0.2) is 23.1 Å². The third-order valence-corrected chi connectivity index (χ3v) is 2.55. The number of aromatic nitrogens is 2. The first-order valence-corrected chi connectivity index (χ1v) is 5.09. The summed E-state index contributed by atoms with van der Waals surface area (Å²) < 4.78 is 0. The molecule has 0 aromatic carbocycles. The van der Waals surface area contributed by atoms with Crippen molar-refractivity contribution in [3.8, 4) is 0 Å². The first-order chi connectivity index (χ1) is 6.90. The Hall–Kier alpha value is -1.00. The van der Waals surface area contributed by atoms with Crippen LogP contribution < -0.4 is 11.1 Å². The minimum atomic E-state index is 0.179. The molecule has 0 bridgehead atoms. The molecule has 0 radical (unpaired) electrons. The molecule has 4 nitrogen and oxygen atoms in total. The molecule has 4 heteroatoms. The molecule has 2 rings (SSSR count). The van der Waals surface area contributed by atoms with Gasteiger partial charge in [0.05, 0.1) is 11.7 Å². The molecule has 0 aliphatic heterocycles. The third-order valence-electron chi connectivity index (χ3n) is 2.55. The first kappa shape index (κ1) is 9.55. The quantitative estimate of drug-likeness (QED) is 0.712. The summed E-state index contributed by atoms with van der Waals surface area (Å²) in [5, 5.41) is 3.43. The first-order valence-electron chi connectivity index (χ1n) is 5.09. The molecule has 1 aromatic heterocycles. The van der Waals surface area contributed by atoms with Crippen molar-refractivity contribution in [1.29, 1.82) is 0 Å². The van der Waals surface area contributed by atoms with Crippen LogP contribution in [0.3, 0.4) is 0 Å². The van der Waals surface area contributed by atoms with Crippen LogP contribution in [0.4, 0.5) is 0 Å². The lowest BCUT2D eigenvalue weighted by molar-refractivity contribution is 0.511. The van der Waals surface area contributed by atoms with E-state index in [0.717, 1.165) is 18.2 Å². The monoisotopic (exact) mass is 192 g/mol. The topological polar surface area (TPSA) is 63.8 Å². The molecule has 1 saturated carbocycles. The van der Waals surface area contributed by atoms with E-state index in [4.69, 9.17) is 5.73 Å². The van der Waals surface area contributed by atoms with Gasteiger partial charge in [-0.05, 0) is 31.4 Å². The Morgan fingerprint density at radius 1 is 1.57 bits per heavy atom. The second-order valence-corrected chi connectivity index (χ2v) is 3.77. The SMILES string of the molecule is NCC(NCC1CC1)c1ccncn1. The summed E-state index contributed by atoms with van der Waals surface area (Å²) in [5.74, 6) is 0.867. The van der Waals surface area contributed by atoms with Gasteiger partial charge >= 0.3 is 0 Å². The van der Waals surface area contributed by atoms with Gasteiger partial charge in [0, 0.05) is 12.7 Å². The van der Waals surface area contributed by atoms with Crippen LogP contribution in [0.15, 0.2) is 18.6 Å². The number of hydrogen-bond donors (Lipinski definition) is 2. The average molecular weight is 192 g/mol. The fourth-order valence-corrected chi connectivity index (χ4v) is 1.45. The summed E-state index contributed by atoms with van der Waals surface area (Å²) >= 11 is 0. The smallest absolute Gasteiger partial charge is 0.115 e. The average Bonchev–Trinajstić information content (AvgIpc) is 3.04. The maximum absolute atomic E-state index is 5.69. The Morgan fingerprint density at radius 3 is 3.00 bits per heavy atom. The van der Waals surface area contributed by atoms with Crippen LogP contribution in [0, 0.1) is 5.92 Å². The fraction of sp³-hybridized carbons (Fsp3) is 0.600. The lowest BCUT2D eigenvalue weighted by Crippen LogP contribution is -2.30. The van der Waals surface area contributed by atoms with E-state index in [9.17, 15) is 0 Å². The lowest BCUT2D eigenvalue weighted by atomic mass is 10.2.